The van der Waals surface area contributed by atoms with E-state index in [-0.39, 0.29) is 0 Å². The lowest BCUT2D eigenvalue weighted by Crippen LogP contribution is -2.02. The average Bonchev–Trinajstić information content (AvgIpc) is 3.88. The molecule has 0 fully saturated rings. The Morgan fingerprint density at radius 2 is 1.05 bits per heavy atom. The van der Waals surface area contributed by atoms with Crippen molar-refractivity contribution in [1.29, 1.82) is 0 Å². The fraction of sp³-hybridized carbons (Fsp3) is 0.0377. The zero-order chi connectivity index (χ0) is 42.7. The second-order valence-electron chi connectivity index (χ2n) is 13.4. The zero-order valence-corrected chi connectivity index (χ0v) is 33.5. The number of aromatic amines is 1. The number of nitrogens with zero attached hydrogens (tertiary/aromatic N) is 3. The van der Waals surface area contributed by atoms with Crippen molar-refractivity contribution < 1.29 is 9.90 Å². The SMILES string of the molecule is C(#Cc1nc2ccccc2[nH]1)c1ccccc1.Cc1ccc(Cn2c(C#Cc3ccccc3)nc3ccccc32)cc1.Nc1ccccc1N.O=C(O)C#Cc1ccccc1. The Hall–Kier alpha value is -8.77. The van der Waals surface area contributed by atoms with Gasteiger partial charge in [0.15, 0.2) is 11.6 Å². The van der Waals surface area contributed by atoms with E-state index in [1.54, 1.807) is 24.3 Å². The Bertz CT molecular complexity index is 2960. The Morgan fingerprint density at radius 3 is 1.61 bits per heavy atom. The van der Waals surface area contributed by atoms with Crippen LogP contribution in [-0.4, -0.2) is 30.6 Å². The Morgan fingerprint density at radius 1 is 0.557 bits per heavy atom. The van der Waals surface area contributed by atoms with E-state index in [4.69, 9.17) is 21.6 Å². The van der Waals surface area contributed by atoms with Gasteiger partial charge in [-0.2, -0.15) is 0 Å². The van der Waals surface area contributed by atoms with E-state index in [1.165, 1.54) is 11.1 Å². The number of aliphatic carboxylic acids is 1. The summed E-state index contributed by atoms with van der Waals surface area (Å²) < 4.78 is 2.19. The smallest absolute Gasteiger partial charge is 0.382 e. The molecular formula is C53H42N6O2. The van der Waals surface area contributed by atoms with Gasteiger partial charge in [0.2, 0.25) is 0 Å². The van der Waals surface area contributed by atoms with Gasteiger partial charge in [-0.05, 0) is 97.1 Å². The highest BCUT2D eigenvalue weighted by Gasteiger charge is 2.09. The summed E-state index contributed by atoms with van der Waals surface area (Å²) in [6, 6.07) is 60.9. The van der Waals surface area contributed by atoms with Crippen molar-refractivity contribution in [2.45, 2.75) is 13.5 Å². The van der Waals surface area contributed by atoms with Crippen LogP contribution in [0.3, 0.4) is 0 Å². The maximum Gasteiger partial charge on any atom is 0.382 e. The van der Waals surface area contributed by atoms with Crippen molar-refractivity contribution in [2.24, 2.45) is 0 Å². The number of nitrogen functional groups attached to an aromatic ring is 2. The van der Waals surface area contributed by atoms with Crippen LogP contribution in [0.1, 0.15) is 39.5 Å². The Kier molecular flexibility index (Phi) is 14.9. The molecule has 0 atom stereocenters. The third-order valence-corrected chi connectivity index (χ3v) is 8.78. The summed E-state index contributed by atoms with van der Waals surface area (Å²) in [6.07, 6.45) is 0. The van der Waals surface area contributed by atoms with Crippen molar-refractivity contribution in [3.8, 4) is 35.5 Å². The number of aromatic nitrogens is 4. The molecule has 8 heteroatoms. The molecule has 0 aliphatic rings. The first-order valence-corrected chi connectivity index (χ1v) is 19.3. The minimum Gasteiger partial charge on any atom is -0.472 e. The van der Waals surface area contributed by atoms with Gasteiger partial charge in [0.1, 0.15) is 0 Å². The van der Waals surface area contributed by atoms with Crippen molar-refractivity contribution in [1.82, 2.24) is 19.5 Å². The molecule has 0 amide bonds. The highest BCUT2D eigenvalue weighted by atomic mass is 16.4. The number of benzene rings is 7. The number of imidazole rings is 2. The maximum absolute atomic E-state index is 10.00. The van der Waals surface area contributed by atoms with Gasteiger partial charge in [-0.25, -0.2) is 14.8 Å². The molecule has 7 aromatic carbocycles. The maximum atomic E-state index is 10.00. The molecule has 0 bridgehead atoms. The van der Waals surface area contributed by atoms with Crippen molar-refractivity contribution in [3.05, 3.63) is 228 Å². The number of hydrogen-bond donors (Lipinski definition) is 4. The van der Waals surface area contributed by atoms with Crippen LogP contribution in [0.25, 0.3) is 22.1 Å². The van der Waals surface area contributed by atoms with Crippen molar-refractivity contribution in [2.75, 3.05) is 11.5 Å². The lowest BCUT2D eigenvalue weighted by Gasteiger charge is -2.07. The summed E-state index contributed by atoms with van der Waals surface area (Å²) in [4.78, 5) is 22.3. The number of H-pyrrole nitrogens is 1. The molecule has 61 heavy (non-hydrogen) atoms. The number of para-hydroxylation sites is 6. The van der Waals surface area contributed by atoms with E-state index in [2.05, 4.69) is 81.4 Å². The van der Waals surface area contributed by atoms with Crippen LogP contribution < -0.4 is 11.5 Å². The number of carboxylic acid groups (broad SMARTS) is 1. The number of nitrogens with one attached hydrogen (secondary N) is 1. The second-order valence-corrected chi connectivity index (χ2v) is 13.4. The van der Waals surface area contributed by atoms with E-state index < -0.39 is 5.97 Å². The largest absolute Gasteiger partial charge is 0.472 e. The zero-order valence-electron chi connectivity index (χ0n) is 33.5. The summed E-state index contributed by atoms with van der Waals surface area (Å²) in [5.41, 5.74) is 21.4. The number of hydrogen-bond acceptors (Lipinski definition) is 5. The molecule has 0 saturated carbocycles. The lowest BCUT2D eigenvalue weighted by molar-refractivity contribution is -0.130. The monoisotopic (exact) mass is 794 g/mol. The normalized spacial score (nSPS) is 9.66. The first-order valence-electron chi connectivity index (χ1n) is 19.3. The van der Waals surface area contributed by atoms with Gasteiger partial charge >= 0.3 is 5.97 Å². The summed E-state index contributed by atoms with van der Waals surface area (Å²) >= 11 is 0. The standard InChI is InChI=1S/C23H18N2.C15H10N2.C9H6O2.C6H8N2/c1-18-11-13-20(14-12-18)17-25-22-10-6-5-9-21(22)24-23(25)16-15-19-7-3-2-4-8-19;1-2-6-12(7-3-1)10-11-15-16-13-8-4-5-9-14(13)17-15;10-9(11)7-6-8-4-2-1-3-5-8;7-5-3-1-2-4-6(5)8/h2-14H,17H2,1H3;1-9H,(H,16,17);1-5H,(H,10,11);1-4H,7-8H2. The van der Waals surface area contributed by atoms with Crippen LogP contribution in [-0.2, 0) is 11.3 Å². The molecule has 6 N–H and O–H groups in total. The van der Waals surface area contributed by atoms with Crippen LogP contribution in [0, 0.1) is 42.4 Å². The quantitative estimate of drug-likeness (QED) is 0.102. The third-order valence-electron chi connectivity index (χ3n) is 8.78. The molecule has 9 rings (SSSR count). The van der Waals surface area contributed by atoms with E-state index in [0.29, 0.717) is 17.2 Å². The van der Waals surface area contributed by atoms with Gasteiger partial charge in [0.05, 0.1) is 40.0 Å². The topological polar surface area (TPSA) is 136 Å². The molecule has 0 unspecified atom stereocenters. The Labute approximate surface area is 355 Å². The van der Waals surface area contributed by atoms with Crippen LogP contribution >= 0.6 is 0 Å². The summed E-state index contributed by atoms with van der Waals surface area (Å²) in [6.45, 7) is 2.87. The van der Waals surface area contributed by atoms with Crippen LogP contribution in [0.15, 0.2) is 188 Å². The van der Waals surface area contributed by atoms with E-state index in [9.17, 15) is 4.79 Å². The van der Waals surface area contributed by atoms with Crippen LogP contribution in [0.2, 0.25) is 0 Å². The number of aryl methyl sites for hydroxylation is 1. The van der Waals surface area contributed by atoms with Crippen LogP contribution in [0.4, 0.5) is 11.4 Å². The summed E-state index contributed by atoms with van der Waals surface area (Å²) in [5.74, 6) is 17.5. The van der Waals surface area contributed by atoms with Gasteiger partial charge in [0, 0.05) is 22.6 Å². The minimum atomic E-state index is -1.10. The molecule has 2 heterocycles. The number of nitrogens with two attached hydrogens (primary N) is 2. The van der Waals surface area contributed by atoms with Gasteiger partial charge in [-0.1, -0.05) is 139 Å². The summed E-state index contributed by atoms with van der Waals surface area (Å²) in [5, 5.41) is 8.20. The molecule has 0 spiro atoms. The fourth-order valence-corrected chi connectivity index (χ4v) is 5.68. The van der Waals surface area contributed by atoms with Gasteiger partial charge in [-0.15, -0.1) is 0 Å². The average molecular weight is 795 g/mol. The minimum absolute atomic E-state index is 0.646. The van der Waals surface area contributed by atoms with Crippen molar-refractivity contribution >= 4 is 39.4 Å². The number of carboxylic acids is 1. The molecule has 0 aliphatic carbocycles. The highest BCUT2D eigenvalue weighted by Crippen LogP contribution is 2.18. The highest BCUT2D eigenvalue weighted by molar-refractivity contribution is 5.87. The molecule has 9 aromatic rings. The molecule has 2 aromatic heterocycles. The summed E-state index contributed by atoms with van der Waals surface area (Å²) in [7, 11) is 0. The molecule has 8 nitrogen and oxygen atoms in total. The van der Waals surface area contributed by atoms with Crippen molar-refractivity contribution in [3.63, 3.8) is 0 Å². The fourth-order valence-electron chi connectivity index (χ4n) is 5.68. The number of anilines is 2. The third kappa shape index (κ3) is 13.1. The number of carbonyl (C=O) groups is 1. The Balaban J connectivity index is 0.000000149. The van der Waals surface area contributed by atoms with Gasteiger partial charge in [-0.3, -0.25) is 0 Å². The molecule has 0 aliphatic heterocycles. The van der Waals surface area contributed by atoms with E-state index in [1.807, 2.05) is 139 Å². The molecule has 0 saturated heterocycles. The predicted octanol–water partition coefficient (Wildman–Crippen LogP) is 9.73. The first kappa shape index (κ1) is 41.9. The lowest BCUT2D eigenvalue weighted by atomic mass is 10.1. The van der Waals surface area contributed by atoms with E-state index in [0.717, 1.165) is 51.1 Å². The number of fused-ring (bicyclic) bond motifs is 2. The van der Waals surface area contributed by atoms with E-state index >= 15 is 0 Å². The van der Waals surface area contributed by atoms with Gasteiger partial charge < -0.3 is 26.1 Å². The molecule has 0 radical (unpaired) electrons. The molecule has 296 valence electrons. The number of rotatable bonds is 2. The van der Waals surface area contributed by atoms with Crippen LogP contribution in [0.5, 0.6) is 0 Å². The van der Waals surface area contributed by atoms with Gasteiger partial charge in [0.25, 0.3) is 0 Å². The first-order chi connectivity index (χ1) is 29.8. The molecular weight excluding hydrogens is 753 g/mol. The predicted molar refractivity (Wildman–Crippen MR) is 247 cm³/mol. The second kappa shape index (κ2) is 21.7.